The number of fused-ring (bicyclic) bond motifs is 2. The maximum atomic E-state index is 5.85. The van der Waals surface area contributed by atoms with Crippen molar-refractivity contribution in [2.24, 2.45) is 0 Å². The van der Waals surface area contributed by atoms with Gasteiger partial charge in [-0.3, -0.25) is 0 Å². The highest BCUT2D eigenvalue weighted by atomic mass is 35.5. The van der Waals surface area contributed by atoms with Gasteiger partial charge in [0.2, 0.25) is 0 Å². The van der Waals surface area contributed by atoms with E-state index in [4.69, 9.17) is 11.6 Å². The molecule has 2 nitrogen and oxygen atoms in total. The quantitative estimate of drug-likeness (QED) is 0.521. The predicted octanol–water partition coefficient (Wildman–Crippen LogP) is 5.09. The molecule has 0 saturated heterocycles. The van der Waals surface area contributed by atoms with Crippen molar-refractivity contribution in [3.63, 3.8) is 0 Å². The van der Waals surface area contributed by atoms with Crippen LogP contribution in [0.1, 0.15) is 17.0 Å². The molecule has 114 valence electrons. The van der Waals surface area contributed by atoms with Gasteiger partial charge in [-0.15, -0.1) is 11.6 Å². The minimum atomic E-state index is 0.657. The van der Waals surface area contributed by atoms with Crippen molar-refractivity contribution in [2.75, 3.05) is 5.88 Å². The van der Waals surface area contributed by atoms with E-state index in [1.54, 1.807) is 0 Å². The lowest BCUT2D eigenvalue weighted by atomic mass is 10.0. The van der Waals surface area contributed by atoms with Gasteiger partial charge < -0.3 is 4.98 Å². The second-order valence-electron chi connectivity index (χ2n) is 5.83. The molecule has 0 atom stereocenters. The van der Waals surface area contributed by atoms with Crippen molar-refractivity contribution >= 4 is 33.4 Å². The molecule has 0 radical (unpaired) electrons. The van der Waals surface area contributed by atoms with E-state index in [-0.39, 0.29) is 0 Å². The van der Waals surface area contributed by atoms with Gasteiger partial charge in [-0.2, -0.15) is 0 Å². The number of hydrogen-bond acceptors (Lipinski definition) is 1. The summed E-state index contributed by atoms with van der Waals surface area (Å²) >= 11 is 5.85. The van der Waals surface area contributed by atoms with Crippen molar-refractivity contribution in [1.29, 1.82) is 0 Å². The molecule has 0 bridgehead atoms. The predicted molar refractivity (Wildman–Crippen MR) is 97.3 cm³/mol. The van der Waals surface area contributed by atoms with E-state index in [2.05, 4.69) is 52.4 Å². The van der Waals surface area contributed by atoms with Crippen LogP contribution < -0.4 is 0 Å². The molecule has 23 heavy (non-hydrogen) atoms. The summed E-state index contributed by atoms with van der Waals surface area (Å²) in [4.78, 5) is 8.06. The van der Waals surface area contributed by atoms with E-state index in [0.29, 0.717) is 5.88 Å². The van der Waals surface area contributed by atoms with E-state index >= 15 is 0 Å². The maximum absolute atomic E-state index is 5.85. The summed E-state index contributed by atoms with van der Waals surface area (Å²) in [6, 6.07) is 21.3. The van der Waals surface area contributed by atoms with Gasteiger partial charge in [-0.05, 0) is 40.5 Å². The lowest BCUT2D eigenvalue weighted by Crippen LogP contribution is -1.91. The Morgan fingerprint density at radius 1 is 0.870 bits per heavy atom. The van der Waals surface area contributed by atoms with Crippen LogP contribution in [0, 0.1) is 0 Å². The Hall–Kier alpha value is -2.32. The van der Waals surface area contributed by atoms with Crippen LogP contribution in [0.3, 0.4) is 0 Å². The van der Waals surface area contributed by atoms with E-state index in [9.17, 15) is 0 Å². The average Bonchev–Trinajstić information content (AvgIpc) is 2.97. The van der Waals surface area contributed by atoms with Crippen molar-refractivity contribution in [1.82, 2.24) is 9.97 Å². The van der Waals surface area contributed by atoms with Gasteiger partial charge >= 0.3 is 0 Å². The largest absolute Gasteiger partial charge is 0.342 e. The number of aromatic amines is 1. The standard InChI is InChI=1S/C20H17ClN2/c21-10-9-14-5-7-16-8-6-15(12-17(16)11-14)13-20-22-18-3-1-2-4-19(18)23-20/h1-8,11-12H,9-10,13H2,(H,22,23). The molecule has 0 spiro atoms. The van der Waals surface area contributed by atoms with Crippen LogP contribution in [-0.2, 0) is 12.8 Å². The third kappa shape index (κ3) is 2.95. The first-order valence-electron chi connectivity index (χ1n) is 7.83. The number of aromatic nitrogens is 2. The van der Waals surface area contributed by atoms with Gasteiger partial charge in [0.1, 0.15) is 5.82 Å². The zero-order valence-corrected chi connectivity index (χ0v) is 13.5. The summed E-state index contributed by atoms with van der Waals surface area (Å²) in [6.07, 6.45) is 1.72. The van der Waals surface area contributed by atoms with Crippen LogP contribution >= 0.6 is 11.6 Å². The summed E-state index contributed by atoms with van der Waals surface area (Å²) in [5.74, 6) is 1.66. The molecule has 0 amide bonds. The molecular weight excluding hydrogens is 304 g/mol. The van der Waals surface area contributed by atoms with Gasteiger partial charge in [0.05, 0.1) is 11.0 Å². The van der Waals surface area contributed by atoms with Crippen molar-refractivity contribution in [3.05, 3.63) is 77.6 Å². The Labute approximate surface area is 140 Å². The van der Waals surface area contributed by atoms with Crippen LogP contribution in [0.15, 0.2) is 60.7 Å². The van der Waals surface area contributed by atoms with Crippen LogP contribution in [0.4, 0.5) is 0 Å². The molecule has 0 aliphatic carbocycles. The smallest absolute Gasteiger partial charge is 0.111 e. The number of aryl methyl sites for hydroxylation is 1. The molecule has 0 fully saturated rings. The highest BCUT2D eigenvalue weighted by Gasteiger charge is 2.04. The monoisotopic (exact) mass is 320 g/mol. The summed E-state index contributed by atoms with van der Waals surface area (Å²) in [5.41, 5.74) is 4.66. The summed E-state index contributed by atoms with van der Waals surface area (Å²) in [7, 11) is 0. The van der Waals surface area contributed by atoms with Crippen LogP contribution in [0.25, 0.3) is 21.8 Å². The number of alkyl halides is 1. The number of benzene rings is 3. The molecule has 3 heteroatoms. The fraction of sp³-hybridized carbons (Fsp3) is 0.150. The second-order valence-corrected chi connectivity index (χ2v) is 6.21. The molecule has 1 N–H and O–H groups in total. The van der Waals surface area contributed by atoms with E-state index in [1.165, 1.54) is 21.9 Å². The molecule has 1 heterocycles. The van der Waals surface area contributed by atoms with Gasteiger partial charge in [0, 0.05) is 12.3 Å². The molecule has 0 saturated carbocycles. The Morgan fingerprint density at radius 2 is 1.65 bits per heavy atom. The molecular formula is C20H17ClN2. The van der Waals surface area contributed by atoms with Gasteiger partial charge in [-0.25, -0.2) is 4.98 Å². The summed E-state index contributed by atoms with van der Waals surface area (Å²) < 4.78 is 0. The Morgan fingerprint density at radius 3 is 2.48 bits per heavy atom. The molecule has 0 aliphatic heterocycles. The second kappa shape index (κ2) is 6.05. The zero-order chi connectivity index (χ0) is 15.6. The number of hydrogen-bond donors (Lipinski definition) is 1. The normalized spacial score (nSPS) is 11.3. The highest BCUT2D eigenvalue weighted by Crippen LogP contribution is 2.21. The minimum Gasteiger partial charge on any atom is -0.342 e. The Bertz CT molecular complexity index is 939. The van der Waals surface area contributed by atoms with Crippen LogP contribution in [0.2, 0.25) is 0 Å². The van der Waals surface area contributed by atoms with E-state index in [0.717, 1.165) is 29.7 Å². The number of nitrogens with one attached hydrogen (secondary N) is 1. The topological polar surface area (TPSA) is 28.7 Å². The molecule has 1 aromatic heterocycles. The maximum Gasteiger partial charge on any atom is 0.111 e. The van der Waals surface area contributed by atoms with Gasteiger partial charge in [-0.1, -0.05) is 48.5 Å². The van der Waals surface area contributed by atoms with Crippen molar-refractivity contribution < 1.29 is 0 Å². The van der Waals surface area contributed by atoms with E-state index < -0.39 is 0 Å². The SMILES string of the molecule is ClCCc1ccc2ccc(Cc3nc4ccccc4[nH]3)cc2c1. The number of para-hydroxylation sites is 2. The molecule has 3 aromatic carbocycles. The Balaban J connectivity index is 1.67. The number of nitrogens with zero attached hydrogens (tertiary/aromatic N) is 1. The third-order valence-corrected chi connectivity index (χ3v) is 4.35. The lowest BCUT2D eigenvalue weighted by Gasteiger charge is -2.05. The average molecular weight is 321 g/mol. The zero-order valence-electron chi connectivity index (χ0n) is 12.7. The van der Waals surface area contributed by atoms with Crippen molar-refractivity contribution in [2.45, 2.75) is 12.8 Å². The summed E-state index contributed by atoms with van der Waals surface area (Å²) in [6.45, 7) is 0. The van der Waals surface area contributed by atoms with Crippen LogP contribution in [-0.4, -0.2) is 15.8 Å². The highest BCUT2D eigenvalue weighted by molar-refractivity contribution is 6.18. The fourth-order valence-corrected chi connectivity index (χ4v) is 3.22. The number of H-pyrrole nitrogens is 1. The Kier molecular flexibility index (Phi) is 3.76. The number of halogens is 1. The molecule has 0 unspecified atom stereocenters. The number of rotatable bonds is 4. The first kappa shape index (κ1) is 14.3. The number of imidazole rings is 1. The molecule has 4 rings (SSSR count). The molecule has 4 aromatic rings. The van der Waals surface area contributed by atoms with Crippen molar-refractivity contribution in [3.8, 4) is 0 Å². The summed E-state index contributed by atoms with van der Waals surface area (Å²) in [5, 5.41) is 2.53. The first-order chi connectivity index (χ1) is 11.3. The van der Waals surface area contributed by atoms with E-state index in [1.807, 2.05) is 18.2 Å². The first-order valence-corrected chi connectivity index (χ1v) is 8.36. The van der Waals surface area contributed by atoms with Gasteiger partial charge in [0.25, 0.3) is 0 Å². The van der Waals surface area contributed by atoms with Crippen LogP contribution in [0.5, 0.6) is 0 Å². The minimum absolute atomic E-state index is 0.657. The third-order valence-electron chi connectivity index (χ3n) is 4.16. The van der Waals surface area contributed by atoms with Gasteiger partial charge in [0.15, 0.2) is 0 Å². The molecule has 0 aliphatic rings. The lowest BCUT2D eigenvalue weighted by molar-refractivity contribution is 1.04. The fourth-order valence-electron chi connectivity index (χ4n) is 3.00.